The quantitative estimate of drug-likeness (QED) is 0.848. The zero-order valence-electron chi connectivity index (χ0n) is 12.2. The van der Waals surface area contributed by atoms with Gasteiger partial charge < -0.3 is 9.30 Å². The molecule has 1 atom stereocenters. The molecule has 21 heavy (non-hydrogen) atoms. The summed E-state index contributed by atoms with van der Waals surface area (Å²) in [6, 6.07) is 9.91. The van der Waals surface area contributed by atoms with Crippen LogP contribution in [0.1, 0.15) is 19.3 Å². The van der Waals surface area contributed by atoms with Gasteiger partial charge in [0.2, 0.25) is 0 Å². The lowest BCUT2D eigenvalue weighted by Crippen LogP contribution is -2.35. The van der Waals surface area contributed by atoms with Crippen molar-refractivity contribution < 1.29 is 4.74 Å². The molecule has 0 amide bonds. The molecule has 0 radical (unpaired) electrons. The summed E-state index contributed by atoms with van der Waals surface area (Å²) >= 11 is 0. The Morgan fingerprint density at radius 3 is 2.71 bits per heavy atom. The van der Waals surface area contributed by atoms with Crippen molar-refractivity contribution in [2.24, 2.45) is 5.92 Å². The van der Waals surface area contributed by atoms with Gasteiger partial charge in [-0.25, -0.2) is 4.98 Å². The third-order valence-electron chi connectivity index (χ3n) is 4.30. The Hall–Kier alpha value is -1.94. The number of aromatic nitrogens is 2. The monoisotopic (exact) mass is 284 g/mol. The predicted molar refractivity (Wildman–Crippen MR) is 82.1 cm³/mol. The van der Waals surface area contributed by atoms with Crippen molar-refractivity contribution >= 4 is 0 Å². The maximum atomic E-state index is 12.0. The van der Waals surface area contributed by atoms with Crippen LogP contribution >= 0.6 is 0 Å². The van der Waals surface area contributed by atoms with Crippen LogP contribution in [0.15, 0.2) is 47.5 Å². The lowest BCUT2D eigenvalue weighted by atomic mass is 9.81. The van der Waals surface area contributed by atoms with Gasteiger partial charge in [-0.05, 0) is 18.8 Å². The third-order valence-corrected chi connectivity index (χ3v) is 4.30. The van der Waals surface area contributed by atoms with E-state index in [1.807, 2.05) is 36.5 Å². The Kier molecular flexibility index (Phi) is 4.15. The summed E-state index contributed by atoms with van der Waals surface area (Å²) in [5.74, 6) is 0.579. The third kappa shape index (κ3) is 3.05. The number of hydrogen-bond acceptors (Lipinski definition) is 3. The number of rotatable bonds is 5. The fraction of sp³-hybridized carbons (Fsp3) is 0.412. The van der Waals surface area contributed by atoms with Crippen molar-refractivity contribution in [1.82, 2.24) is 9.55 Å². The molecule has 1 fully saturated rings. The van der Waals surface area contributed by atoms with Crippen molar-refractivity contribution in [2.45, 2.75) is 31.9 Å². The second kappa shape index (κ2) is 6.22. The largest absolute Gasteiger partial charge is 0.379 e. The Balaban J connectivity index is 1.86. The molecule has 0 N–H and O–H groups in total. The molecule has 0 aliphatic heterocycles. The molecule has 110 valence electrons. The summed E-state index contributed by atoms with van der Waals surface area (Å²) in [5.41, 5.74) is 1.76. The second-order valence-corrected chi connectivity index (χ2v) is 5.59. The van der Waals surface area contributed by atoms with E-state index in [0.717, 1.165) is 11.3 Å². The molecule has 4 nitrogen and oxygen atoms in total. The lowest BCUT2D eigenvalue weighted by Gasteiger charge is -2.33. The zero-order valence-corrected chi connectivity index (χ0v) is 12.2. The van der Waals surface area contributed by atoms with Crippen molar-refractivity contribution in [3.63, 3.8) is 0 Å². The molecule has 0 saturated heterocycles. The first-order chi connectivity index (χ1) is 10.3. The van der Waals surface area contributed by atoms with Crippen LogP contribution in [0.25, 0.3) is 11.3 Å². The minimum atomic E-state index is -0.0731. The highest BCUT2D eigenvalue weighted by Gasteiger charge is 2.27. The van der Waals surface area contributed by atoms with E-state index in [9.17, 15) is 4.79 Å². The average Bonchev–Trinajstić information content (AvgIpc) is 2.47. The lowest BCUT2D eigenvalue weighted by molar-refractivity contribution is 0.00711. The number of nitrogens with zero attached hydrogens (tertiary/aromatic N) is 2. The van der Waals surface area contributed by atoms with E-state index in [0.29, 0.717) is 12.5 Å². The molecule has 1 aliphatic carbocycles. The van der Waals surface area contributed by atoms with E-state index >= 15 is 0 Å². The molecule has 2 aromatic rings. The SMILES string of the molecule is COC(Cn1cc(-c2ccccc2)ncc1=O)C1CCC1. The average molecular weight is 284 g/mol. The summed E-state index contributed by atoms with van der Waals surface area (Å²) in [6.07, 6.45) is 7.01. The highest BCUT2D eigenvalue weighted by Crippen LogP contribution is 2.31. The van der Waals surface area contributed by atoms with Gasteiger partial charge in [0, 0.05) is 18.9 Å². The maximum Gasteiger partial charge on any atom is 0.269 e. The van der Waals surface area contributed by atoms with Gasteiger partial charge in [-0.15, -0.1) is 0 Å². The predicted octanol–water partition coefficient (Wildman–Crippen LogP) is 2.73. The first-order valence-corrected chi connectivity index (χ1v) is 7.42. The Morgan fingerprint density at radius 2 is 2.10 bits per heavy atom. The summed E-state index contributed by atoms with van der Waals surface area (Å²) in [5, 5.41) is 0. The van der Waals surface area contributed by atoms with Gasteiger partial charge in [0.15, 0.2) is 0 Å². The van der Waals surface area contributed by atoms with Gasteiger partial charge >= 0.3 is 0 Å². The molecule has 1 saturated carbocycles. The molecular formula is C17H20N2O2. The minimum absolute atomic E-state index is 0.0731. The highest BCUT2D eigenvalue weighted by molar-refractivity contribution is 5.57. The van der Waals surface area contributed by atoms with Crippen LogP contribution in [-0.4, -0.2) is 22.8 Å². The number of hydrogen-bond donors (Lipinski definition) is 0. The fourth-order valence-corrected chi connectivity index (χ4v) is 2.77. The van der Waals surface area contributed by atoms with Crippen LogP contribution in [0.4, 0.5) is 0 Å². The molecule has 0 spiro atoms. The molecule has 4 heteroatoms. The second-order valence-electron chi connectivity index (χ2n) is 5.59. The summed E-state index contributed by atoms with van der Waals surface area (Å²) in [6.45, 7) is 0.600. The van der Waals surface area contributed by atoms with Crippen LogP contribution in [-0.2, 0) is 11.3 Å². The Morgan fingerprint density at radius 1 is 1.33 bits per heavy atom. The number of methoxy groups -OCH3 is 1. The first-order valence-electron chi connectivity index (χ1n) is 7.42. The van der Waals surface area contributed by atoms with Crippen LogP contribution in [0.3, 0.4) is 0 Å². The van der Waals surface area contributed by atoms with E-state index in [-0.39, 0.29) is 11.7 Å². The molecular weight excluding hydrogens is 264 g/mol. The summed E-state index contributed by atoms with van der Waals surface area (Å²) in [4.78, 5) is 16.3. The van der Waals surface area contributed by atoms with Gasteiger partial charge in [-0.1, -0.05) is 36.8 Å². The minimum Gasteiger partial charge on any atom is -0.379 e. The van der Waals surface area contributed by atoms with E-state index in [2.05, 4.69) is 4.98 Å². The van der Waals surface area contributed by atoms with Crippen molar-refractivity contribution in [1.29, 1.82) is 0 Å². The molecule has 1 aromatic heterocycles. The van der Waals surface area contributed by atoms with Gasteiger partial charge in [0.05, 0.1) is 24.5 Å². The molecule has 1 heterocycles. The van der Waals surface area contributed by atoms with Crippen LogP contribution in [0, 0.1) is 5.92 Å². The number of benzene rings is 1. The van der Waals surface area contributed by atoms with Crippen molar-refractivity contribution in [2.75, 3.05) is 7.11 Å². The fourth-order valence-electron chi connectivity index (χ4n) is 2.77. The topological polar surface area (TPSA) is 44.1 Å². The van der Waals surface area contributed by atoms with Crippen molar-refractivity contribution in [3.8, 4) is 11.3 Å². The van der Waals surface area contributed by atoms with E-state index in [4.69, 9.17) is 4.74 Å². The Bertz CT molecular complexity index is 647. The molecule has 1 aromatic carbocycles. The zero-order chi connectivity index (χ0) is 14.7. The van der Waals surface area contributed by atoms with E-state index in [1.54, 1.807) is 11.7 Å². The molecule has 3 rings (SSSR count). The molecule has 1 unspecified atom stereocenters. The van der Waals surface area contributed by atoms with Gasteiger partial charge in [0.1, 0.15) is 0 Å². The highest BCUT2D eigenvalue weighted by atomic mass is 16.5. The van der Waals surface area contributed by atoms with E-state index < -0.39 is 0 Å². The Labute approximate surface area is 124 Å². The van der Waals surface area contributed by atoms with Gasteiger partial charge in [-0.3, -0.25) is 4.79 Å². The number of ether oxygens (including phenoxy) is 1. The molecule has 0 bridgehead atoms. The van der Waals surface area contributed by atoms with E-state index in [1.165, 1.54) is 25.5 Å². The first kappa shape index (κ1) is 14.0. The summed E-state index contributed by atoms with van der Waals surface area (Å²) < 4.78 is 7.30. The normalized spacial score (nSPS) is 16.4. The smallest absolute Gasteiger partial charge is 0.269 e. The van der Waals surface area contributed by atoms with Gasteiger partial charge in [-0.2, -0.15) is 0 Å². The summed E-state index contributed by atoms with van der Waals surface area (Å²) in [7, 11) is 1.73. The van der Waals surface area contributed by atoms with Crippen LogP contribution in [0.5, 0.6) is 0 Å². The maximum absolute atomic E-state index is 12.0. The van der Waals surface area contributed by atoms with Crippen LogP contribution < -0.4 is 5.56 Å². The van der Waals surface area contributed by atoms with Crippen LogP contribution in [0.2, 0.25) is 0 Å². The van der Waals surface area contributed by atoms with Gasteiger partial charge in [0.25, 0.3) is 5.56 Å². The standard InChI is InChI=1S/C17H20N2O2/c1-21-16(14-8-5-9-14)12-19-11-15(18-10-17(19)20)13-6-3-2-4-7-13/h2-4,6-7,10-11,14,16H,5,8-9,12H2,1H3. The van der Waals surface area contributed by atoms with Crippen molar-refractivity contribution in [3.05, 3.63) is 53.1 Å². The molecule has 1 aliphatic rings.